The van der Waals surface area contributed by atoms with E-state index in [0.29, 0.717) is 23.9 Å². The van der Waals surface area contributed by atoms with Crippen LogP contribution < -0.4 is 30.0 Å². The monoisotopic (exact) mass is 371 g/mol. The van der Waals surface area contributed by atoms with Crippen molar-refractivity contribution in [2.75, 3.05) is 28.4 Å². The fourth-order valence-electron chi connectivity index (χ4n) is 3.40. The van der Waals surface area contributed by atoms with Crippen LogP contribution in [0.3, 0.4) is 0 Å². The summed E-state index contributed by atoms with van der Waals surface area (Å²) in [5.41, 5.74) is 8.02. The quantitative estimate of drug-likeness (QED) is 0.812. The van der Waals surface area contributed by atoms with Crippen molar-refractivity contribution in [3.63, 3.8) is 0 Å². The van der Waals surface area contributed by atoms with E-state index in [2.05, 4.69) is 10.3 Å². The van der Waals surface area contributed by atoms with E-state index in [9.17, 15) is 0 Å². The van der Waals surface area contributed by atoms with Crippen molar-refractivity contribution in [3.8, 4) is 23.0 Å². The number of rotatable bonds is 6. The number of methoxy groups -OCH3 is 4. The largest absolute Gasteiger partial charge is 0.497 e. The number of para-hydroxylation sites is 1. The van der Waals surface area contributed by atoms with Gasteiger partial charge in [-0.15, -0.1) is 0 Å². The van der Waals surface area contributed by atoms with Gasteiger partial charge >= 0.3 is 0 Å². The van der Waals surface area contributed by atoms with E-state index in [1.54, 1.807) is 28.4 Å². The van der Waals surface area contributed by atoms with Gasteiger partial charge in [0.1, 0.15) is 11.5 Å². The molecular formula is C20H25N3O4. The fraction of sp³-hybridized carbons (Fsp3) is 0.350. The van der Waals surface area contributed by atoms with Crippen LogP contribution in [0, 0.1) is 0 Å². The Morgan fingerprint density at radius 3 is 2.37 bits per heavy atom. The van der Waals surface area contributed by atoms with Crippen molar-refractivity contribution in [1.82, 2.24) is 5.32 Å². The Hall–Kier alpha value is -3.09. The second-order valence-electron chi connectivity index (χ2n) is 6.15. The van der Waals surface area contributed by atoms with E-state index in [1.807, 2.05) is 36.4 Å². The van der Waals surface area contributed by atoms with Crippen molar-refractivity contribution in [2.24, 2.45) is 10.7 Å². The molecule has 0 saturated carbocycles. The zero-order valence-corrected chi connectivity index (χ0v) is 16.0. The van der Waals surface area contributed by atoms with Crippen molar-refractivity contribution in [1.29, 1.82) is 0 Å². The summed E-state index contributed by atoms with van der Waals surface area (Å²) in [7, 11) is 6.51. The van der Waals surface area contributed by atoms with Crippen LogP contribution in [-0.4, -0.2) is 34.4 Å². The first-order valence-corrected chi connectivity index (χ1v) is 8.63. The third-order valence-corrected chi connectivity index (χ3v) is 4.68. The molecule has 1 aliphatic heterocycles. The molecule has 2 unspecified atom stereocenters. The van der Waals surface area contributed by atoms with E-state index in [0.717, 1.165) is 22.6 Å². The number of hydrogen-bond acceptors (Lipinski definition) is 7. The summed E-state index contributed by atoms with van der Waals surface area (Å²) in [6.45, 7) is 0. The number of guanidine groups is 1. The topological polar surface area (TPSA) is 87.3 Å². The maximum atomic E-state index is 6.10. The van der Waals surface area contributed by atoms with E-state index in [4.69, 9.17) is 24.7 Å². The molecule has 2 aromatic carbocycles. The highest BCUT2D eigenvalue weighted by Gasteiger charge is 2.29. The normalized spacial score (nSPS) is 18.9. The first-order chi connectivity index (χ1) is 13.1. The van der Waals surface area contributed by atoms with Crippen LogP contribution in [0.2, 0.25) is 0 Å². The standard InChI is InChI=1S/C20H25N3O4/c1-24-12-8-9-13(18(10-12)26-3)15-11-16(23-20(21)22-15)14-6-5-7-17(25-2)19(14)27-4/h5-10,15-16H,11H2,1-4H3,(H3,21,22,23). The van der Waals surface area contributed by atoms with Gasteiger partial charge in [0.25, 0.3) is 0 Å². The lowest BCUT2D eigenvalue weighted by Crippen LogP contribution is -2.39. The van der Waals surface area contributed by atoms with E-state index < -0.39 is 0 Å². The molecule has 144 valence electrons. The molecule has 3 N–H and O–H groups in total. The summed E-state index contributed by atoms with van der Waals surface area (Å²) in [6.07, 6.45) is 0.687. The van der Waals surface area contributed by atoms with Crippen LogP contribution >= 0.6 is 0 Å². The Morgan fingerprint density at radius 1 is 0.926 bits per heavy atom. The molecular weight excluding hydrogens is 346 g/mol. The second kappa shape index (κ2) is 8.07. The molecule has 1 heterocycles. The Kier molecular flexibility index (Phi) is 5.59. The van der Waals surface area contributed by atoms with Crippen molar-refractivity contribution in [3.05, 3.63) is 47.5 Å². The number of hydrogen-bond donors (Lipinski definition) is 2. The Bertz CT molecular complexity index is 838. The minimum absolute atomic E-state index is 0.0655. The summed E-state index contributed by atoms with van der Waals surface area (Å²) in [5, 5.41) is 3.25. The fourth-order valence-corrected chi connectivity index (χ4v) is 3.40. The lowest BCUT2D eigenvalue weighted by molar-refractivity contribution is 0.345. The van der Waals surface area contributed by atoms with Crippen molar-refractivity contribution in [2.45, 2.75) is 18.5 Å². The van der Waals surface area contributed by atoms with Gasteiger partial charge in [-0.25, -0.2) is 4.99 Å². The molecule has 2 aromatic rings. The summed E-state index contributed by atoms with van der Waals surface area (Å²) in [4.78, 5) is 4.58. The highest BCUT2D eigenvalue weighted by molar-refractivity contribution is 5.79. The van der Waals surface area contributed by atoms with Crippen LogP contribution in [0.4, 0.5) is 0 Å². The van der Waals surface area contributed by atoms with Crippen LogP contribution in [0.25, 0.3) is 0 Å². The van der Waals surface area contributed by atoms with E-state index in [-0.39, 0.29) is 12.1 Å². The highest BCUT2D eigenvalue weighted by Crippen LogP contribution is 2.42. The number of nitrogens with two attached hydrogens (primary N) is 1. The van der Waals surface area contributed by atoms with Gasteiger partial charge in [0, 0.05) is 17.2 Å². The Morgan fingerprint density at radius 2 is 1.70 bits per heavy atom. The highest BCUT2D eigenvalue weighted by atomic mass is 16.5. The van der Waals surface area contributed by atoms with Crippen LogP contribution in [0.1, 0.15) is 29.6 Å². The smallest absolute Gasteiger partial charge is 0.189 e. The number of nitrogens with zero attached hydrogens (tertiary/aromatic N) is 1. The molecule has 0 saturated heterocycles. The molecule has 0 aliphatic carbocycles. The molecule has 7 nitrogen and oxygen atoms in total. The predicted octanol–water partition coefficient (Wildman–Crippen LogP) is 2.81. The molecule has 0 bridgehead atoms. The second-order valence-corrected chi connectivity index (χ2v) is 6.15. The molecule has 27 heavy (non-hydrogen) atoms. The zero-order chi connectivity index (χ0) is 19.4. The van der Waals surface area contributed by atoms with Gasteiger partial charge in [0.05, 0.1) is 40.5 Å². The minimum atomic E-state index is -0.173. The van der Waals surface area contributed by atoms with Crippen molar-refractivity contribution < 1.29 is 18.9 Å². The number of ether oxygens (including phenoxy) is 4. The molecule has 0 aromatic heterocycles. The van der Waals surface area contributed by atoms with Crippen LogP contribution in [0.5, 0.6) is 23.0 Å². The van der Waals surface area contributed by atoms with E-state index in [1.165, 1.54) is 0 Å². The van der Waals surface area contributed by atoms with Gasteiger partial charge in [0.2, 0.25) is 0 Å². The predicted molar refractivity (Wildman–Crippen MR) is 104 cm³/mol. The molecule has 1 aliphatic rings. The Labute approximate surface area is 159 Å². The molecule has 0 spiro atoms. The molecule has 7 heteroatoms. The SMILES string of the molecule is COc1ccc(C2CC(c3cccc(OC)c3OC)N=C(N)N2)c(OC)c1. The van der Waals surface area contributed by atoms with Gasteiger partial charge in [-0.3, -0.25) is 0 Å². The summed E-state index contributed by atoms with van der Waals surface area (Å²) >= 11 is 0. The van der Waals surface area contributed by atoms with Gasteiger partial charge in [-0.05, 0) is 24.6 Å². The van der Waals surface area contributed by atoms with Crippen molar-refractivity contribution >= 4 is 5.96 Å². The van der Waals surface area contributed by atoms with Gasteiger partial charge in [0.15, 0.2) is 17.5 Å². The Balaban J connectivity index is 1.97. The summed E-state index contributed by atoms with van der Waals surface area (Å²) < 4.78 is 21.8. The lowest BCUT2D eigenvalue weighted by atomic mass is 9.92. The maximum Gasteiger partial charge on any atom is 0.189 e. The summed E-state index contributed by atoms with van der Waals surface area (Å²) in [5.74, 6) is 3.18. The van der Waals surface area contributed by atoms with Gasteiger partial charge in [-0.2, -0.15) is 0 Å². The van der Waals surface area contributed by atoms with E-state index >= 15 is 0 Å². The number of benzene rings is 2. The molecule has 0 radical (unpaired) electrons. The first kappa shape index (κ1) is 18.7. The lowest BCUT2D eigenvalue weighted by Gasteiger charge is -2.30. The third kappa shape index (κ3) is 3.72. The third-order valence-electron chi connectivity index (χ3n) is 4.68. The molecule has 3 rings (SSSR count). The van der Waals surface area contributed by atoms with Crippen LogP contribution in [-0.2, 0) is 0 Å². The number of aliphatic imine (C=N–C) groups is 1. The molecule has 2 atom stereocenters. The van der Waals surface area contributed by atoms with Gasteiger partial charge in [-0.1, -0.05) is 12.1 Å². The van der Waals surface area contributed by atoms with Crippen LogP contribution in [0.15, 0.2) is 41.4 Å². The molecule has 0 amide bonds. The summed E-state index contributed by atoms with van der Waals surface area (Å²) in [6, 6.07) is 11.3. The zero-order valence-electron chi connectivity index (χ0n) is 16.0. The average Bonchev–Trinajstić information content (AvgIpc) is 2.71. The maximum absolute atomic E-state index is 6.10. The first-order valence-electron chi connectivity index (χ1n) is 8.63. The average molecular weight is 371 g/mol. The number of nitrogens with one attached hydrogen (secondary N) is 1. The minimum Gasteiger partial charge on any atom is -0.497 e. The van der Waals surface area contributed by atoms with Gasteiger partial charge < -0.3 is 30.0 Å². The molecule has 0 fully saturated rings.